The molecule has 2 fully saturated rings. The van der Waals surface area contributed by atoms with E-state index in [4.69, 9.17) is 19.3 Å². The monoisotopic (exact) mass is 536 g/mol. The van der Waals surface area contributed by atoms with Gasteiger partial charge in [0.25, 0.3) is 0 Å². The largest absolute Gasteiger partial charge is 0.462 e. The third-order valence-corrected chi connectivity index (χ3v) is 9.07. The van der Waals surface area contributed by atoms with Crippen molar-refractivity contribution in [3.8, 4) is 0 Å². The van der Waals surface area contributed by atoms with Crippen molar-refractivity contribution in [1.82, 2.24) is 0 Å². The van der Waals surface area contributed by atoms with Crippen LogP contribution in [0.5, 0.6) is 0 Å². The summed E-state index contributed by atoms with van der Waals surface area (Å²) in [5.74, 6) is 1.67. The van der Waals surface area contributed by atoms with Crippen LogP contribution in [-0.4, -0.2) is 50.7 Å². The van der Waals surface area contributed by atoms with E-state index in [1.54, 1.807) is 7.11 Å². The minimum Gasteiger partial charge on any atom is -0.462 e. The van der Waals surface area contributed by atoms with E-state index in [-0.39, 0.29) is 18.1 Å². The summed E-state index contributed by atoms with van der Waals surface area (Å²) < 4.78 is 16.5. The van der Waals surface area contributed by atoms with E-state index in [1.165, 1.54) is 73.3 Å². The van der Waals surface area contributed by atoms with Crippen molar-refractivity contribution in [3.05, 3.63) is 59.7 Å². The summed E-state index contributed by atoms with van der Waals surface area (Å²) >= 11 is 0. The molecule has 0 aliphatic heterocycles. The minimum absolute atomic E-state index is 0.0962. The SMILES string of the molecule is C=C(CO)C(=O)OCC(CCC1CCC(c2ccc3cc(C4CCC(OCC)CC4)ccc3c2)CC1)COC. The van der Waals surface area contributed by atoms with Crippen molar-refractivity contribution in [3.63, 3.8) is 0 Å². The number of hydrogen-bond acceptors (Lipinski definition) is 5. The Bertz CT molecular complexity index is 1060. The van der Waals surface area contributed by atoms with Gasteiger partial charge in [-0.3, -0.25) is 0 Å². The summed E-state index contributed by atoms with van der Waals surface area (Å²) in [5, 5.41) is 11.8. The molecule has 0 saturated heterocycles. The smallest absolute Gasteiger partial charge is 0.335 e. The molecule has 1 atom stereocenters. The normalized spacial score (nSPS) is 24.4. The van der Waals surface area contributed by atoms with Crippen LogP contribution >= 0.6 is 0 Å². The number of ether oxygens (including phenoxy) is 3. The van der Waals surface area contributed by atoms with E-state index >= 15 is 0 Å². The standard InChI is InChI=1S/C34H48O5/c1-4-38-33-17-15-28(16-18-33)30-12-14-31-19-29(11-13-32(31)20-30)27-9-7-25(8-10-27)5-6-26(22-37-3)23-39-34(36)24(2)21-35/h11-14,19-20,25-28,33,35H,2,4-10,15-18,21-23H2,1,3H3. The van der Waals surface area contributed by atoms with Crippen LogP contribution in [0.1, 0.15) is 94.1 Å². The summed E-state index contributed by atoms with van der Waals surface area (Å²) in [6.45, 7) is 6.97. The van der Waals surface area contributed by atoms with Crippen molar-refractivity contribution in [1.29, 1.82) is 0 Å². The number of hydrogen-bond donors (Lipinski definition) is 1. The zero-order chi connectivity index (χ0) is 27.6. The van der Waals surface area contributed by atoms with Gasteiger partial charge in [0.15, 0.2) is 0 Å². The molecule has 0 amide bonds. The summed E-state index contributed by atoms with van der Waals surface area (Å²) in [6.07, 6.45) is 12.3. The molecule has 2 saturated carbocycles. The molecule has 0 radical (unpaired) electrons. The topological polar surface area (TPSA) is 65.0 Å². The first-order valence-corrected chi connectivity index (χ1v) is 15.1. The molecule has 2 aliphatic rings. The van der Waals surface area contributed by atoms with Gasteiger partial charge in [0.1, 0.15) is 0 Å². The molecule has 0 aromatic heterocycles. The van der Waals surface area contributed by atoms with E-state index < -0.39 is 5.97 Å². The maximum absolute atomic E-state index is 11.8. The first kappa shape index (κ1) is 29.8. The van der Waals surface area contributed by atoms with Crippen LogP contribution in [0.25, 0.3) is 10.8 Å². The summed E-state index contributed by atoms with van der Waals surface area (Å²) in [4.78, 5) is 11.8. The van der Waals surface area contributed by atoms with Gasteiger partial charge in [-0.15, -0.1) is 0 Å². The van der Waals surface area contributed by atoms with Crippen LogP contribution in [-0.2, 0) is 19.0 Å². The number of aliphatic hydroxyl groups excluding tert-OH is 1. The van der Waals surface area contributed by atoms with E-state index in [0.717, 1.165) is 19.4 Å². The average molecular weight is 537 g/mol. The maximum Gasteiger partial charge on any atom is 0.335 e. The Morgan fingerprint density at radius 1 is 0.923 bits per heavy atom. The van der Waals surface area contributed by atoms with Gasteiger partial charge in [-0.1, -0.05) is 43.0 Å². The molecule has 2 aromatic rings. The first-order chi connectivity index (χ1) is 19.0. The average Bonchev–Trinajstić information content (AvgIpc) is 2.98. The van der Waals surface area contributed by atoms with Crippen LogP contribution < -0.4 is 0 Å². The van der Waals surface area contributed by atoms with Crippen LogP contribution in [0.2, 0.25) is 0 Å². The molecule has 214 valence electrons. The van der Waals surface area contributed by atoms with E-state index in [0.29, 0.717) is 37.1 Å². The zero-order valence-corrected chi connectivity index (χ0v) is 24.0. The second kappa shape index (κ2) is 15.0. The molecule has 39 heavy (non-hydrogen) atoms. The fourth-order valence-electron chi connectivity index (χ4n) is 6.66. The molecule has 5 nitrogen and oxygen atoms in total. The summed E-state index contributed by atoms with van der Waals surface area (Å²) in [6, 6.07) is 14.3. The Balaban J connectivity index is 1.25. The first-order valence-electron chi connectivity index (χ1n) is 15.1. The van der Waals surface area contributed by atoms with Gasteiger partial charge < -0.3 is 19.3 Å². The fraction of sp³-hybridized carbons (Fsp3) is 0.618. The summed E-state index contributed by atoms with van der Waals surface area (Å²) in [5.41, 5.74) is 3.07. The molecule has 4 rings (SSSR count). The number of aliphatic hydroxyl groups is 1. The number of carbonyl (C=O) groups is 1. The molecule has 2 aromatic carbocycles. The second-order valence-electron chi connectivity index (χ2n) is 11.8. The molecule has 2 aliphatic carbocycles. The number of benzene rings is 2. The minimum atomic E-state index is -0.518. The van der Waals surface area contributed by atoms with Crippen LogP contribution in [0.3, 0.4) is 0 Å². The molecule has 0 spiro atoms. The third-order valence-electron chi connectivity index (χ3n) is 9.07. The number of esters is 1. The highest BCUT2D eigenvalue weighted by atomic mass is 16.5. The fourth-order valence-corrected chi connectivity index (χ4v) is 6.66. The number of rotatable bonds is 13. The third kappa shape index (κ3) is 8.39. The molecular formula is C34H48O5. The lowest BCUT2D eigenvalue weighted by Gasteiger charge is -2.30. The van der Waals surface area contributed by atoms with Crippen molar-refractivity contribution >= 4 is 16.7 Å². The van der Waals surface area contributed by atoms with Crippen LogP contribution in [0, 0.1) is 11.8 Å². The van der Waals surface area contributed by atoms with Gasteiger partial charge in [0.05, 0.1) is 31.5 Å². The highest BCUT2D eigenvalue weighted by Gasteiger charge is 2.25. The molecular weight excluding hydrogens is 488 g/mol. The molecule has 1 N–H and O–H groups in total. The van der Waals surface area contributed by atoms with E-state index in [1.807, 2.05) is 0 Å². The van der Waals surface area contributed by atoms with Gasteiger partial charge in [-0.25, -0.2) is 4.79 Å². The molecule has 0 bridgehead atoms. The predicted molar refractivity (Wildman–Crippen MR) is 157 cm³/mol. The van der Waals surface area contributed by atoms with Gasteiger partial charge >= 0.3 is 5.97 Å². The van der Waals surface area contributed by atoms with Gasteiger partial charge in [-0.2, -0.15) is 0 Å². The Morgan fingerprint density at radius 3 is 2.05 bits per heavy atom. The lowest BCUT2D eigenvalue weighted by atomic mass is 9.76. The van der Waals surface area contributed by atoms with Gasteiger partial charge in [0, 0.05) is 19.6 Å². The molecule has 5 heteroatoms. The number of methoxy groups -OCH3 is 1. The van der Waals surface area contributed by atoms with Gasteiger partial charge in [0.2, 0.25) is 0 Å². The maximum atomic E-state index is 11.8. The van der Waals surface area contributed by atoms with Crippen molar-refractivity contribution < 1.29 is 24.1 Å². The Morgan fingerprint density at radius 2 is 1.51 bits per heavy atom. The highest BCUT2D eigenvalue weighted by molar-refractivity contribution is 5.87. The number of fused-ring (bicyclic) bond motifs is 1. The molecule has 0 heterocycles. The van der Waals surface area contributed by atoms with Crippen LogP contribution in [0.15, 0.2) is 48.6 Å². The Kier molecular flexibility index (Phi) is 11.4. The Labute approximate surface area is 234 Å². The lowest BCUT2D eigenvalue weighted by molar-refractivity contribution is -0.141. The van der Waals surface area contributed by atoms with Crippen molar-refractivity contribution in [2.45, 2.75) is 89.1 Å². The number of carbonyl (C=O) groups excluding carboxylic acids is 1. The second-order valence-corrected chi connectivity index (χ2v) is 11.8. The van der Waals surface area contributed by atoms with Crippen molar-refractivity contribution in [2.75, 3.05) is 33.5 Å². The zero-order valence-electron chi connectivity index (χ0n) is 24.0. The van der Waals surface area contributed by atoms with Crippen LogP contribution in [0.4, 0.5) is 0 Å². The highest BCUT2D eigenvalue weighted by Crippen LogP contribution is 2.40. The predicted octanol–water partition coefficient (Wildman–Crippen LogP) is 7.31. The lowest BCUT2D eigenvalue weighted by Crippen LogP contribution is -2.21. The van der Waals surface area contributed by atoms with E-state index in [2.05, 4.69) is 49.9 Å². The van der Waals surface area contributed by atoms with Gasteiger partial charge in [-0.05, 0) is 111 Å². The van der Waals surface area contributed by atoms with Crippen molar-refractivity contribution in [2.24, 2.45) is 11.8 Å². The van der Waals surface area contributed by atoms with E-state index in [9.17, 15) is 4.79 Å². The molecule has 1 unspecified atom stereocenters. The summed E-state index contributed by atoms with van der Waals surface area (Å²) in [7, 11) is 1.69. The quantitative estimate of drug-likeness (QED) is 0.215. The Hall–Kier alpha value is -2.21.